The Morgan fingerprint density at radius 3 is 2.70 bits per heavy atom. The van der Waals surface area contributed by atoms with Gasteiger partial charge in [-0.05, 0) is 36.2 Å². The van der Waals surface area contributed by atoms with E-state index in [0.717, 1.165) is 27.5 Å². The van der Waals surface area contributed by atoms with E-state index in [0.29, 0.717) is 24.4 Å². The Labute approximate surface area is 165 Å². The van der Waals surface area contributed by atoms with E-state index in [-0.39, 0.29) is 5.91 Å². The van der Waals surface area contributed by atoms with Gasteiger partial charge < -0.3 is 5.32 Å². The van der Waals surface area contributed by atoms with Gasteiger partial charge in [0, 0.05) is 53.2 Å². The van der Waals surface area contributed by atoms with Crippen LogP contribution < -0.4 is 5.32 Å². The van der Waals surface area contributed by atoms with E-state index in [4.69, 9.17) is 11.6 Å². The zero-order chi connectivity index (χ0) is 18.6. The number of halogens is 1. The summed E-state index contributed by atoms with van der Waals surface area (Å²) < 4.78 is 2.06. The van der Waals surface area contributed by atoms with Crippen molar-refractivity contribution in [3.05, 3.63) is 76.6 Å². The maximum atomic E-state index is 12.1. The predicted molar refractivity (Wildman–Crippen MR) is 108 cm³/mol. The summed E-state index contributed by atoms with van der Waals surface area (Å²) in [6.07, 6.45) is 6.56. The van der Waals surface area contributed by atoms with Crippen molar-refractivity contribution in [1.82, 2.24) is 19.7 Å². The fraction of sp³-hybridized carbons (Fsp3) is 0.150. The minimum atomic E-state index is 0.0317. The summed E-state index contributed by atoms with van der Waals surface area (Å²) in [5.74, 6) is 0.0317. The van der Waals surface area contributed by atoms with Gasteiger partial charge in [-0.1, -0.05) is 23.7 Å². The first-order valence-electron chi connectivity index (χ1n) is 8.56. The van der Waals surface area contributed by atoms with Crippen LogP contribution in [0.4, 0.5) is 0 Å². The maximum absolute atomic E-state index is 12.1. The fourth-order valence-corrected chi connectivity index (χ4v) is 3.83. The number of carbonyl (C=O) groups is 1. The molecule has 5 nitrogen and oxygen atoms in total. The quantitative estimate of drug-likeness (QED) is 0.526. The largest absolute Gasteiger partial charge is 0.352 e. The number of hydrogen-bond acceptors (Lipinski definition) is 4. The lowest BCUT2D eigenvalue weighted by Crippen LogP contribution is -2.23. The SMILES string of the molecule is O=C(CCc1csc2nc(-c3ccc(Cl)cc3)cn12)NCc1ccncc1. The molecule has 3 heterocycles. The van der Waals surface area contributed by atoms with Crippen LogP contribution >= 0.6 is 22.9 Å². The molecule has 0 aliphatic heterocycles. The van der Waals surface area contributed by atoms with Gasteiger partial charge in [0.25, 0.3) is 0 Å². The van der Waals surface area contributed by atoms with Crippen molar-refractivity contribution in [1.29, 1.82) is 0 Å². The molecule has 7 heteroatoms. The first-order valence-corrected chi connectivity index (χ1v) is 9.82. The summed E-state index contributed by atoms with van der Waals surface area (Å²) >= 11 is 7.53. The van der Waals surface area contributed by atoms with E-state index in [1.807, 2.05) is 42.6 Å². The summed E-state index contributed by atoms with van der Waals surface area (Å²) in [7, 11) is 0. The first kappa shape index (κ1) is 17.7. The minimum absolute atomic E-state index is 0.0317. The first-order chi connectivity index (χ1) is 13.2. The average Bonchev–Trinajstić information content (AvgIpc) is 3.27. The average molecular weight is 397 g/mol. The van der Waals surface area contributed by atoms with Gasteiger partial charge in [0.05, 0.1) is 5.69 Å². The highest BCUT2D eigenvalue weighted by Gasteiger charge is 2.11. The van der Waals surface area contributed by atoms with Crippen molar-refractivity contribution in [3.8, 4) is 11.3 Å². The normalized spacial score (nSPS) is 11.0. The zero-order valence-corrected chi connectivity index (χ0v) is 16.0. The Hall–Kier alpha value is -2.70. The lowest BCUT2D eigenvalue weighted by molar-refractivity contribution is -0.121. The number of nitrogens with one attached hydrogen (secondary N) is 1. The van der Waals surface area contributed by atoms with Gasteiger partial charge in [-0.25, -0.2) is 4.98 Å². The Kier molecular flexibility index (Phi) is 5.18. The second kappa shape index (κ2) is 7.90. The summed E-state index contributed by atoms with van der Waals surface area (Å²) in [5.41, 5.74) is 4.05. The van der Waals surface area contributed by atoms with Crippen LogP contribution in [0.25, 0.3) is 16.2 Å². The van der Waals surface area contributed by atoms with E-state index < -0.39 is 0 Å². The molecule has 1 amide bonds. The van der Waals surface area contributed by atoms with Crippen LogP contribution in [0.3, 0.4) is 0 Å². The maximum Gasteiger partial charge on any atom is 0.220 e. The summed E-state index contributed by atoms with van der Waals surface area (Å²) in [5, 5.41) is 5.71. The van der Waals surface area contributed by atoms with E-state index in [9.17, 15) is 4.79 Å². The number of nitrogens with zero attached hydrogens (tertiary/aromatic N) is 3. The van der Waals surface area contributed by atoms with Gasteiger partial charge in [0.1, 0.15) is 0 Å². The fourth-order valence-electron chi connectivity index (χ4n) is 2.80. The van der Waals surface area contributed by atoms with Crippen LogP contribution in [-0.4, -0.2) is 20.3 Å². The van der Waals surface area contributed by atoms with Crippen molar-refractivity contribution in [2.75, 3.05) is 0 Å². The molecule has 0 bridgehead atoms. The number of benzene rings is 1. The lowest BCUT2D eigenvalue weighted by atomic mass is 10.2. The van der Waals surface area contributed by atoms with Crippen LogP contribution in [0.1, 0.15) is 17.7 Å². The van der Waals surface area contributed by atoms with Gasteiger partial charge in [-0.2, -0.15) is 0 Å². The van der Waals surface area contributed by atoms with Crippen LogP contribution in [-0.2, 0) is 17.8 Å². The number of imidazole rings is 1. The van der Waals surface area contributed by atoms with E-state index in [1.54, 1.807) is 23.7 Å². The second-order valence-electron chi connectivity index (χ2n) is 6.14. The predicted octanol–water partition coefficient (Wildman–Crippen LogP) is 4.36. The van der Waals surface area contributed by atoms with Crippen LogP contribution in [0.2, 0.25) is 5.02 Å². The second-order valence-corrected chi connectivity index (χ2v) is 7.42. The molecule has 0 fully saturated rings. The van der Waals surface area contributed by atoms with Gasteiger partial charge in [-0.3, -0.25) is 14.2 Å². The summed E-state index contributed by atoms with van der Waals surface area (Å²) in [6.45, 7) is 0.520. The molecule has 0 saturated carbocycles. The number of aromatic nitrogens is 3. The molecule has 27 heavy (non-hydrogen) atoms. The van der Waals surface area contributed by atoms with E-state index in [1.165, 1.54) is 0 Å². The van der Waals surface area contributed by atoms with Crippen molar-refractivity contribution >= 4 is 33.8 Å². The number of aryl methyl sites for hydroxylation is 1. The molecule has 1 aromatic carbocycles. The number of thiazole rings is 1. The van der Waals surface area contributed by atoms with Crippen LogP contribution in [0.5, 0.6) is 0 Å². The molecular weight excluding hydrogens is 380 g/mol. The standard InChI is InChI=1S/C20H17ClN4OS/c21-16-3-1-15(2-4-16)18-12-25-17(13-27-20(25)24-18)5-6-19(26)23-11-14-7-9-22-10-8-14/h1-4,7-10,12-13H,5-6,11H2,(H,23,26). The number of hydrogen-bond donors (Lipinski definition) is 1. The molecule has 0 aliphatic carbocycles. The van der Waals surface area contributed by atoms with Crippen molar-refractivity contribution in [2.45, 2.75) is 19.4 Å². The highest BCUT2D eigenvalue weighted by atomic mass is 35.5. The Balaban J connectivity index is 1.40. The molecule has 0 spiro atoms. The van der Waals surface area contributed by atoms with Gasteiger partial charge >= 0.3 is 0 Å². The molecule has 0 unspecified atom stereocenters. The minimum Gasteiger partial charge on any atom is -0.352 e. The van der Waals surface area contributed by atoms with Crippen LogP contribution in [0, 0.1) is 0 Å². The molecule has 1 N–H and O–H groups in total. The third kappa shape index (κ3) is 4.18. The highest BCUT2D eigenvalue weighted by molar-refractivity contribution is 7.15. The molecule has 4 rings (SSSR count). The molecule has 136 valence electrons. The van der Waals surface area contributed by atoms with Gasteiger partial charge in [0.15, 0.2) is 4.96 Å². The van der Waals surface area contributed by atoms with Crippen molar-refractivity contribution in [2.24, 2.45) is 0 Å². The summed E-state index contributed by atoms with van der Waals surface area (Å²) in [6, 6.07) is 11.4. The molecule has 0 aliphatic rings. The van der Waals surface area contributed by atoms with Crippen molar-refractivity contribution in [3.63, 3.8) is 0 Å². The third-order valence-corrected chi connectivity index (χ3v) is 5.41. The number of rotatable bonds is 6. The molecule has 0 atom stereocenters. The lowest BCUT2D eigenvalue weighted by Gasteiger charge is -2.05. The number of amides is 1. The molecular formula is C20H17ClN4OS. The number of fused-ring (bicyclic) bond motifs is 1. The monoisotopic (exact) mass is 396 g/mol. The topological polar surface area (TPSA) is 59.3 Å². The Morgan fingerprint density at radius 1 is 1.15 bits per heavy atom. The zero-order valence-electron chi connectivity index (χ0n) is 14.4. The molecule has 0 radical (unpaired) electrons. The van der Waals surface area contributed by atoms with Crippen molar-refractivity contribution < 1.29 is 4.79 Å². The van der Waals surface area contributed by atoms with E-state index in [2.05, 4.69) is 25.1 Å². The third-order valence-electron chi connectivity index (χ3n) is 4.27. The number of pyridine rings is 1. The molecule has 4 aromatic rings. The molecule has 3 aromatic heterocycles. The number of carbonyl (C=O) groups excluding carboxylic acids is 1. The molecule has 0 saturated heterocycles. The van der Waals surface area contributed by atoms with Gasteiger partial charge in [0.2, 0.25) is 5.91 Å². The van der Waals surface area contributed by atoms with Gasteiger partial charge in [-0.15, -0.1) is 11.3 Å². The Morgan fingerprint density at radius 2 is 1.93 bits per heavy atom. The smallest absolute Gasteiger partial charge is 0.220 e. The van der Waals surface area contributed by atoms with E-state index >= 15 is 0 Å². The highest BCUT2D eigenvalue weighted by Crippen LogP contribution is 2.25. The van der Waals surface area contributed by atoms with Crippen LogP contribution in [0.15, 0.2) is 60.4 Å². The summed E-state index contributed by atoms with van der Waals surface area (Å²) in [4.78, 5) is 21.7. The Bertz CT molecular complexity index is 1060.